The fourth-order valence-electron chi connectivity index (χ4n) is 3.66. The highest BCUT2D eigenvalue weighted by Crippen LogP contribution is 2.36. The van der Waals surface area contributed by atoms with Gasteiger partial charge in [0.15, 0.2) is 29.4 Å². The van der Waals surface area contributed by atoms with Gasteiger partial charge in [-0.3, -0.25) is 4.57 Å². The van der Waals surface area contributed by atoms with Crippen molar-refractivity contribution < 1.29 is 32.5 Å². The molecular weight excluding hydrogens is 386 g/mol. The highest BCUT2D eigenvalue weighted by Gasteiger charge is 2.46. The van der Waals surface area contributed by atoms with Crippen molar-refractivity contribution in [2.75, 3.05) is 11.9 Å². The number of aromatic nitrogens is 4. The van der Waals surface area contributed by atoms with Crippen molar-refractivity contribution >= 4 is 17.0 Å². The monoisotopic (exact) mass is 404 g/mol. The Balaban J connectivity index is 1.78. The molecule has 2 fully saturated rings. The number of halogens is 4. The van der Waals surface area contributed by atoms with E-state index in [1.807, 2.05) is 0 Å². The first-order chi connectivity index (χ1) is 13.3. The second-order valence-electron chi connectivity index (χ2n) is 7.01. The van der Waals surface area contributed by atoms with Gasteiger partial charge in [-0.1, -0.05) is 12.8 Å². The molecular formula is C16H18F4N5O3. The third kappa shape index (κ3) is 3.29. The SMILES string of the molecule is [O]C[C@H]1O[C@@H](n2cnc3c(NC4CCCC4)nc(C(F)(F)F)nc32)[C@@H](F)[C@@H]1O. The highest BCUT2D eigenvalue weighted by atomic mass is 19.4. The van der Waals surface area contributed by atoms with E-state index in [0.717, 1.165) is 36.6 Å². The molecule has 2 aromatic rings. The maximum Gasteiger partial charge on any atom is 0.451 e. The third-order valence-electron chi connectivity index (χ3n) is 5.10. The van der Waals surface area contributed by atoms with Crippen molar-refractivity contribution in [1.82, 2.24) is 19.5 Å². The van der Waals surface area contributed by atoms with Gasteiger partial charge in [-0.2, -0.15) is 13.2 Å². The third-order valence-corrected chi connectivity index (χ3v) is 5.10. The predicted octanol–water partition coefficient (Wildman–Crippen LogP) is 2.23. The van der Waals surface area contributed by atoms with Crippen LogP contribution in [0, 0.1) is 0 Å². The Hall–Kier alpha value is -2.05. The number of imidazole rings is 1. The normalized spacial score (nSPS) is 29.1. The van der Waals surface area contributed by atoms with E-state index in [1.54, 1.807) is 0 Å². The Morgan fingerprint density at radius 2 is 2.00 bits per heavy atom. The lowest BCUT2D eigenvalue weighted by Crippen LogP contribution is -2.30. The van der Waals surface area contributed by atoms with Crippen LogP contribution in [0.5, 0.6) is 0 Å². The van der Waals surface area contributed by atoms with Crippen LogP contribution in [0.15, 0.2) is 6.33 Å². The Labute approximate surface area is 156 Å². The van der Waals surface area contributed by atoms with Gasteiger partial charge in [0.1, 0.15) is 18.8 Å². The summed E-state index contributed by atoms with van der Waals surface area (Å²) in [4.78, 5) is 11.1. The molecule has 2 aliphatic rings. The fourth-order valence-corrected chi connectivity index (χ4v) is 3.66. The van der Waals surface area contributed by atoms with E-state index in [2.05, 4.69) is 20.3 Å². The number of nitrogens with zero attached hydrogens (tertiary/aromatic N) is 4. The van der Waals surface area contributed by atoms with Gasteiger partial charge in [-0.25, -0.2) is 24.4 Å². The van der Waals surface area contributed by atoms with Crippen LogP contribution in [-0.2, 0) is 16.0 Å². The quantitative estimate of drug-likeness (QED) is 0.758. The maximum absolute atomic E-state index is 14.4. The molecule has 0 spiro atoms. The number of ether oxygens (including phenoxy) is 1. The van der Waals surface area contributed by atoms with Crippen LogP contribution in [0.1, 0.15) is 37.7 Å². The first-order valence-electron chi connectivity index (χ1n) is 8.93. The number of aliphatic hydroxyl groups is 1. The summed E-state index contributed by atoms with van der Waals surface area (Å²) in [5.41, 5.74) is -0.245. The number of rotatable bonds is 4. The molecule has 0 aromatic carbocycles. The lowest BCUT2D eigenvalue weighted by molar-refractivity contribution is -0.144. The Bertz CT molecular complexity index is 855. The zero-order valence-electron chi connectivity index (χ0n) is 14.6. The number of aliphatic hydroxyl groups excluding tert-OH is 1. The molecule has 153 valence electrons. The van der Waals surface area contributed by atoms with Gasteiger partial charge in [-0.05, 0) is 12.8 Å². The summed E-state index contributed by atoms with van der Waals surface area (Å²) >= 11 is 0. The van der Waals surface area contributed by atoms with E-state index in [0.29, 0.717) is 0 Å². The molecule has 1 aliphatic heterocycles. The number of hydrogen-bond acceptors (Lipinski definition) is 6. The van der Waals surface area contributed by atoms with Crippen molar-refractivity contribution in [3.05, 3.63) is 12.2 Å². The lowest BCUT2D eigenvalue weighted by atomic mass is 10.1. The zero-order chi connectivity index (χ0) is 20.1. The molecule has 3 heterocycles. The Morgan fingerprint density at radius 1 is 1.29 bits per heavy atom. The molecule has 1 saturated heterocycles. The number of alkyl halides is 4. The summed E-state index contributed by atoms with van der Waals surface area (Å²) in [7, 11) is 0. The van der Waals surface area contributed by atoms with E-state index in [1.165, 1.54) is 0 Å². The van der Waals surface area contributed by atoms with Crippen LogP contribution >= 0.6 is 0 Å². The number of anilines is 1. The summed E-state index contributed by atoms with van der Waals surface area (Å²) in [5, 5.41) is 23.8. The van der Waals surface area contributed by atoms with Crippen molar-refractivity contribution in [3.8, 4) is 0 Å². The maximum atomic E-state index is 14.4. The van der Waals surface area contributed by atoms with Gasteiger partial charge in [-0.15, -0.1) is 0 Å². The molecule has 4 atom stereocenters. The minimum absolute atomic E-state index is 0.0346. The van der Waals surface area contributed by atoms with Crippen molar-refractivity contribution in [3.63, 3.8) is 0 Å². The van der Waals surface area contributed by atoms with Crippen molar-refractivity contribution in [2.24, 2.45) is 0 Å². The molecule has 28 heavy (non-hydrogen) atoms. The molecule has 1 saturated carbocycles. The molecule has 1 aliphatic carbocycles. The Kier molecular flexibility index (Phi) is 4.88. The van der Waals surface area contributed by atoms with E-state index in [9.17, 15) is 27.8 Å². The largest absolute Gasteiger partial charge is 0.451 e. The summed E-state index contributed by atoms with van der Waals surface area (Å²) < 4.78 is 60.5. The number of fused-ring (bicyclic) bond motifs is 1. The summed E-state index contributed by atoms with van der Waals surface area (Å²) in [6.45, 7) is -0.887. The van der Waals surface area contributed by atoms with Gasteiger partial charge in [0.25, 0.3) is 0 Å². The predicted molar refractivity (Wildman–Crippen MR) is 86.6 cm³/mol. The van der Waals surface area contributed by atoms with Crippen LogP contribution in [0.4, 0.5) is 23.4 Å². The Morgan fingerprint density at radius 3 is 2.61 bits per heavy atom. The fraction of sp³-hybridized carbons (Fsp3) is 0.688. The topological polar surface area (TPSA) is 105 Å². The van der Waals surface area contributed by atoms with Crippen LogP contribution in [0.2, 0.25) is 0 Å². The van der Waals surface area contributed by atoms with E-state index < -0.39 is 43.2 Å². The summed E-state index contributed by atoms with van der Waals surface area (Å²) in [6, 6.07) is -0.0346. The molecule has 0 unspecified atom stereocenters. The zero-order valence-corrected chi connectivity index (χ0v) is 14.6. The van der Waals surface area contributed by atoms with Gasteiger partial charge in [0.2, 0.25) is 5.82 Å². The lowest BCUT2D eigenvalue weighted by Gasteiger charge is -2.17. The minimum Gasteiger partial charge on any atom is -0.387 e. The van der Waals surface area contributed by atoms with Gasteiger partial charge < -0.3 is 15.2 Å². The van der Waals surface area contributed by atoms with Crippen LogP contribution in [0.3, 0.4) is 0 Å². The second kappa shape index (κ2) is 7.08. The molecule has 8 nitrogen and oxygen atoms in total. The molecule has 2 aromatic heterocycles. The summed E-state index contributed by atoms with van der Waals surface area (Å²) in [5.74, 6) is -1.48. The molecule has 2 N–H and O–H groups in total. The first kappa shape index (κ1) is 19.3. The van der Waals surface area contributed by atoms with Gasteiger partial charge in [0, 0.05) is 6.04 Å². The minimum atomic E-state index is -4.82. The second-order valence-corrected chi connectivity index (χ2v) is 7.01. The van der Waals surface area contributed by atoms with E-state index in [4.69, 9.17) is 4.74 Å². The van der Waals surface area contributed by atoms with Crippen LogP contribution in [0.25, 0.3) is 11.2 Å². The molecule has 12 heteroatoms. The number of nitrogens with one attached hydrogen (secondary N) is 1. The average molecular weight is 404 g/mol. The molecule has 0 bridgehead atoms. The number of hydrogen-bond donors (Lipinski definition) is 2. The van der Waals surface area contributed by atoms with E-state index in [-0.39, 0.29) is 23.0 Å². The highest BCUT2D eigenvalue weighted by molar-refractivity contribution is 5.83. The van der Waals surface area contributed by atoms with Gasteiger partial charge in [0.05, 0.1) is 6.33 Å². The van der Waals surface area contributed by atoms with E-state index >= 15 is 0 Å². The van der Waals surface area contributed by atoms with Crippen LogP contribution in [-0.4, -0.2) is 55.7 Å². The molecule has 1 radical (unpaired) electrons. The average Bonchev–Trinajstić information content (AvgIpc) is 3.35. The van der Waals surface area contributed by atoms with Gasteiger partial charge >= 0.3 is 6.18 Å². The van der Waals surface area contributed by atoms with Crippen molar-refractivity contribution in [1.29, 1.82) is 0 Å². The first-order valence-corrected chi connectivity index (χ1v) is 8.93. The molecule has 0 amide bonds. The standard InChI is InChI=1S/C16H18F4N5O3/c17-9-11(27)8(5-26)28-14(9)25-6-21-10-12(22-7-3-1-2-4-7)23-15(16(18,19)20)24-13(10)25/h6-9,11,14,27H,1-5H2,(H,22,23,24)/t8-,9+,11-,14-/m1/s1. The van der Waals surface area contributed by atoms with Crippen molar-refractivity contribution in [2.45, 2.75) is 62.5 Å². The molecule has 4 rings (SSSR count). The smallest absolute Gasteiger partial charge is 0.387 e. The summed E-state index contributed by atoms with van der Waals surface area (Å²) in [6.07, 6.45) is -6.74. The van der Waals surface area contributed by atoms with Crippen LogP contribution < -0.4 is 5.32 Å².